The van der Waals surface area contributed by atoms with Gasteiger partial charge in [0.15, 0.2) is 0 Å². The van der Waals surface area contributed by atoms with E-state index < -0.39 is 0 Å². The quantitative estimate of drug-likeness (QED) is 0.870. The van der Waals surface area contributed by atoms with Crippen molar-refractivity contribution in [3.05, 3.63) is 24.3 Å². The molecule has 1 aromatic carbocycles. The van der Waals surface area contributed by atoms with Crippen LogP contribution in [-0.2, 0) is 0 Å². The normalized spacial score (nSPS) is 16.0. The molecule has 2 amide bonds. The first-order valence-electron chi connectivity index (χ1n) is 9.24. The van der Waals surface area contributed by atoms with Crippen LogP contribution < -0.4 is 15.1 Å². The zero-order valence-electron chi connectivity index (χ0n) is 15.6. The summed E-state index contributed by atoms with van der Waals surface area (Å²) in [4.78, 5) is 18.8. The van der Waals surface area contributed by atoms with Crippen molar-refractivity contribution >= 4 is 17.4 Å². The van der Waals surface area contributed by atoms with Crippen LogP contribution in [0.2, 0.25) is 0 Å². The van der Waals surface area contributed by atoms with Crippen LogP contribution in [0.5, 0.6) is 0 Å². The molecule has 1 heterocycles. The molecule has 1 aliphatic rings. The highest BCUT2D eigenvalue weighted by atomic mass is 16.2. The number of rotatable bonds is 6. The molecule has 134 valence electrons. The summed E-state index contributed by atoms with van der Waals surface area (Å²) in [6.45, 7) is 13.9. The summed E-state index contributed by atoms with van der Waals surface area (Å²) < 4.78 is 0. The van der Waals surface area contributed by atoms with Crippen molar-refractivity contribution in [3.63, 3.8) is 0 Å². The highest BCUT2D eigenvalue weighted by Gasteiger charge is 2.22. The Morgan fingerprint density at radius 2 is 1.67 bits per heavy atom. The van der Waals surface area contributed by atoms with Gasteiger partial charge in [-0.3, -0.25) is 0 Å². The van der Waals surface area contributed by atoms with Gasteiger partial charge in [-0.15, -0.1) is 0 Å². The average Bonchev–Trinajstić information content (AvgIpc) is 2.63. The molecule has 1 atom stereocenters. The fourth-order valence-corrected chi connectivity index (χ4v) is 3.03. The molecule has 0 aliphatic carbocycles. The van der Waals surface area contributed by atoms with Crippen LogP contribution in [0.15, 0.2) is 24.3 Å². The topological polar surface area (TPSA) is 38.8 Å². The van der Waals surface area contributed by atoms with Crippen LogP contribution in [0.1, 0.15) is 34.1 Å². The number of carbonyl (C=O) groups excluding carboxylic acids is 1. The number of urea groups is 1. The van der Waals surface area contributed by atoms with Gasteiger partial charge in [-0.2, -0.15) is 0 Å². The molecule has 0 aromatic heterocycles. The predicted molar refractivity (Wildman–Crippen MR) is 102 cm³/mol. The van der Waals surface area contributed by atoms with Crippen LogP contribution in [0.3, 0.4) is 0 Å². The summed E-state index contributed by atoms with van der Waals surface area (Å²) in [6, 6.07) is 9.10. The lowest BCUT2D eigenvalue weighted by atomic mass is 10.2. The number of anilines is 2. The Hall–Kier alpha value is -1.91. The van der Waals surface area contributed by atoms with E-state index in [1.54, 1.807) is 0 Å². The molecule has 1 unspecified atom stereocenters. The third-order valence-corrected chi connectivity index (χ3v) is 4.89. The molecule has 0 bridgehead atoms. The molecular formula is C19H32N4O. The van der Waals surface area contributed by atoms with Gasteiger partial charge in [-0.05, 0) is 51.5 Å². The second-order valence-electron chi connectivity index (χ2n) is 6.42. The van der Waals surface area contributed by atoms with Crippen LogP contribution in [0.25, 0.3) is 0 Å². The summed E-state index contributed by atoms with van der Waals surface area (Å²) >= 11 is 0. The molecule has 1 saturated heterocycles. The first kappa shape index (κ1) is 18.4. The Morgan fingerprint density at radius 1 is 1.08 bits per heavy atom. The number of nitrogens with one attached hydrogen (secondary N) is 1. The summed E-state index contributed by atoms with van der Waals surface area (Å²) in [5.74, 6) is 0. The van der Waals surface area contributed by atoms with Gasteiger partial charge in [0, 0.05) is 56.7 Å². The van der Waals surface area contributed by atoms with Crippen molar-refractivity contribution in [1.29, 1.82) is 0 Å². The van der Waals surface area contributed by atoms with Gasteiger partial charge in [-0.1, -0.05) is 6.92 Å². The van der Waals surface area contributed by atoms with Crippen LogP contribution >= 0.6 is 0 Å². The zero-order chi connectivity index (χ0) is 17.5. The van der Waals surface area contributed by atoms with Crippen LogP contribution in [0, 0.1) is 0 Å². The van der Waals surface area contributed by atoms with Crippen molar-refractivity contribution in [3.8, 4) is 0 Å². The monoisotopic (exact) mass is 332 g/mol. The Kier molecular flexibility index (Phi) is 6.76. The summed E-state index contributed by atoms with van der Waals surface area (Å²) in [5.41, 5.74) is 2.52. The molecule has 24 heavy (non-hydrogen) atoms. The van der Waals surface area contributed by atoms with Gasteiger partial charge in [0.2, 0.25) is 0 Å². The second kappa shape index (κ2) is 8.81. The molecule has 5 nitrogen and oxygen atoms in total. The third-order valence-electron chi connectivity index (χ3n) is 4.89. The van der Waals surface area contributed by atoms with Crippen molar-refractivity contribution in [2.45, 2.75) is 40.2 Å². The van der Waals surface area contributed by atoms with Crippen LogP contribution in [0.4, 0.5) is 16.2 Å². The predicted octanol–water partition coefficient (Wildman–Crippen LogP) is 3.16. The highest BCUT2D eigenvalue weighted by molar-refractivity contribution is 5.75. The Bertz CT molecular complexity index is 505. The molecular weight excluding hydrogens is 300 g/mol. The minimum absolute atomic E-state index is 0.0703. The maximum absolute atomic E-state index is 12.2. The zero-order valence-corrected chi connectivity index (χ0v) is 15.6. The fraction of sp³-hybridized carbons (Fsp3) is 0.632. The van der Waals surface area contributed by atoms with Gasteiger partial charge >= 0.3 is 6.03 Å². The Labute approximate surface area is 146 Å². The Morgan fingerprint density at radius 3 is 2.17 bits per heavy atom. The average molecular weight is 332 g/mol. The van der Waals surface area contributed by atoms with E-state index in [1.807, 2.05) is 11.8 Å². The lowest BCUT2D eigenvalue weighted by Crippen LogP contribution is -2.53. The van der Waals surface area contributed by atoms with E-state index >= 15 is 0 Å². The summed E-state index contributed by atoms with van der Waals surface area (Å²) in [6.07, 6.45) is 0.963. The van der Waals surface area contributed by atoms with Gasteiger partial charge < -0.3 is 20.0 Å². The molecule has 1 aliphatic heterocycles. The first-order chi connectivity index (χ1) is 11.6. The molecule has 0 spiro atoms. The van der Waals surface area contributed by atoms with E-state index in [0.29, 0.717) is 0 Å². The third kappa shape index (κ3) is 4.56. The number of hydrogen-bond donors (Lipinski definition) is 1. The molecule has 1 fully saturated rings. The van der Waals surface area contributed by atoms with E-state index in [9.17, 15) is 4.79 Å². The molecule has 0 saturated carbocycles. The highest BCUT2D eigenvalue weighted by Crippen LogP contribution is 2.22. The van der Waals surface area contributed by atoms with E-state index in [2.05, 4.69) is 60.2 Å². The lowest BCUT2D eigenvalue weighted by molar-refractivity contribution is 0.191. The number of carbonyl (C=O) groups is 1. The molecule has 1 N–H and O–H groups in total. The Balaban J connectivity index is 1.89. The van der Waals surface area contributed by atoms with E-state index in [4.69, 9.17) is 0 Å². The minimum Gasteiger partial charge on any atom is -0.372 e. The molecule has 2 rings (SSSR count). The molecule has 1 aromatic rings. The molecule has 0 radical (unpaired) electrons. The van der Waals surface area contributed by atoms with Crippen molar-refractivity contribution in [2.24, 2.45) is 0 Å². The number of amides is 2. The smallest absolute Gasteiger partial charge is 0.317 e. The largest absolute Gasteiger partial charge is 0.372 e. The lowest BCUT2D eigenvalue weighted by Gasteiger charge is -2.36. The van der Waals surface area contributed by atoms with Crippen LogP contribution in [-0.4, -0.2) is 56.2 Å². The number of hydrogen-bond acceptors (Lipinski definition) is 3. The maximum Gasteiger partial charge on any atom is 0.317 e. The van der Waals surface area contributed by atoms with Crippen molar-refractivity contribution in [2.75, 3.05) is 49.1 Å². The molecule has 5 heteroatoms. The van der Waals surface area contributed by atoms with E-state index in [0.717, 1.165) is 45.7 Å². The van der Waals surface area contributed by atoms with Crippen molar-refractivity contribution < 1.29 is 4.79 Å². The first-order valence-corrected chi connectivity index (χ1v) is 9.24. The van der Waals surface area contributed by atoms with E-state index in [1.165, 1.54) is 11.4 Å². The summed E-state index contributed by atoms with van der Waals surface area (Å²) in [7, 11) is 0. The minimum atomic E-state index is 0.0703. The summed E-state index contributed by atoms with van der Waals surface area (Å²) in [5, 5.41) is 3.05. The van der Waals surface area contributed by atoms with Gasteiger partial charge in [0.1, 0.15) is 0 Å². The van der Waals surface area contributed by atoms with Crippen molar-refractivity contribution in [1.82, 2.24) is 10.2 Å². The second-order valence-corrected chi connectivity index (χ2v) is 6.42. The van der Waals surface area contributed by atoms with Gasteiger partial charge in [0.05, 0.1) is 0 Å². The number of nitrogens with zero attached hydrogens (tertiary/aromatic N) is 3. The number of piperazine rings is 1. The number of benzene rings is 1. The standard InChI is InChI=1S/C19H32N4O/c1-5-16(4)20-19(24)23-14-12-22(13-15-23)18-10-8-17(9-11-18)21(6-2)7-3/h8-11,16H,5-7,12-15H2,1-4H3,(H,20,24). The van der Waals surface area contributed by atoms with E-state index in [-0.39, 0.29) is 12.1 Å². The maximum atomic E-state index is 12.2. The fourth-order valence-electron chi connectivity index (χ4n) is 3.03. The van der Waals surface area contributed by atoms with Gasteiger partial charge in [0.25, 0.3) is 0 Å². The SMILES string of the molecule is CCC(C)NC(=O)N1CCN(c2ccc(N(CC)CC)cc2)CC1. The van der Waals surface area contributed by atoms with Gasteiger partial charge in [-0.25, -0.2) is 4.79 Å².